The summed E-state index contributed by atoms with van der Waals surface area (Å²) in [7, 11) is 1.58. The summed E-state index contributed by atoms with van der Waals surface area (Å²) in [5.74, 6) is -0.611. The fourth-order valence-corrected chi connectivity index (χ4v) is 1.98. The molecule has 0 saturated carbocycles. The molecule has 0 aliphatic rings. The fraction of sp³-hybridized carbons (Fsp3) is 0.267. The van der Waals surface area contributed by atoms with E-state index >= 15 is 0 Å². The number of hydrogen-bond acceptors (Lipinski definition) is 4. The zero-order valence-corrected chi connectivity index (χ0v) is 12.3. The van der Waals surface area contributed by atoms with Crippen LogP contribution in [0.1, 0.15) is 28.9 Å². The summed E-state index contributed by atoms with van der Waals surface area (Å²) in [6, 6.07) is 7.20. The molecule has 7 heteroatoms. The maximum atomic E-state index is 12.1. The number of rotatable bonds is 6. The Labute approximate surface area is 127 Å². The highest BCUT2D eigenvalue weighted by Gasteiger charge is 2.14. The Morgan fingerprint density at radius 2 is 2.23 bits per heavy atom. The molecule has 22 heavy (non-hydrogen) atoms. The summed E-state index contributed by atoms with van der Waals surface area (Å²) in [6.45, 7) is 1.58. The van der Waals surface area contributed by atoms with Gasteiger partial charge in [-0.2, -0.15) is 5.10 Å². The number of nitrogens with one attached hydrogen (secondary N) is 1. The number of amides is 1. The highest BCUT2D eigenvalue weighted by Crippen LogP contribution is 2.19. The van der Waals surface area contributed by atoms with E-state index in [1.807, 2.05) is 31.2 Å². The summed E-state index contributed by atoms with van der Waals surface area (Å²) < 4.78 is 6.36. The molecule has 0 radical (unpaired) electrons. The lowest BCUT2D eigenvalue weighted by atomic mass is 10.1. The van der Waals surface area contributed by atoms with Crippen molar-refractivity contribution in [1.29, 1.82) is 0 Å². The molecule has 2 N–H and O–H groups in total. The minimum absolute atomic E-state index is 0.217. The van der Waals surface area contributed by atoms with Crippen molar-refractivity contribution in [2.75, 3.05) is 7.11 Å². The quantitative estimate of drug-likeness (QED) is 0.843. The average molecular weight is 303 g/mol. The summed E-state index contributed by atoms with van der Waals surface area (Å²) in [4.78, 5) is 22.7. The maximum absolute atomic E-state index is 12.1. The molecule has 0 aliphatic carbocycles. The number of benzene rings is 1. The van der Waals surface area contributed by atoms with E-state index in [-0.39, 0.29) is 18.5 Å². The molecular weight excluding hydrogens is 286 g/mol. The second-order valence-corrected chi connectivity index (χ2v) is 4.79. The van der Waals surface area contributed by atoms with Crippen molar-refractivity contribution in [2.45, 2.75) is 19.5 Å². The van der Waals surface area contributed by atoms with Gasteiger partial charge in [0.2, 0.25) is 0 Å². The molecule has 0 aliphatic heterocycles. The number of aliphatic carboxylic acids is 1. The molecule has 1 amide bonds. The average Bonchev–Trinajstić information content (AvgIpc) is 2.95. The van der Waals surface area contributed by atoms with E-state index in [0.717, 1.165) is 5.56 Å². The van der Waals surface area contributed by atoms with Crippen molar-refractivity contribution in [1.82, 2.24) is 15.1 Å². The first-order chi connectivity index (χ1) is 10.5. The predicted molar refractivity (Wildman–Crippen MR) is 78.7 cm³/mol. The first-order valence-corrected chi connectivity index (χ1v) is 6.68. The SMILES string of the molecule is COc1cccc(C(C)NC(=O)c2cnn(CC(=O)O)c2)c1. The molecule has 1 unspecified atom stereocenters. The van der Waals surface area contributed by atoms with Crippen LogP contribution in [0.3, 0.4) is 0 Å². The molecule has 1 heterocycles. The van der Waals surface area contributed by atoms with Crippen LogP contribution >= 0.6 is 0 Å². The van der Waals surface area contributed by atoms with Crippen molar-refractivity contribution in [3.63, 3.8) is 0 Å². The monoisotopic (exact) mass is 303 g/mol. The number of carboxylic acid groups (broad SMARTS) is 1. The van der Waals surface area contributed by atoms with Crippen molar-refractivity contribution in [3.8, 4) is 5.75 Å². The van der Waals surface area contributed by atoms with Crippen LogP contribution in [0.25, 0.3) is 0 Å². The minimum Gasteiger partial charge on any atom is -0.497 e. The van der Waals surface area contributed by atoms with Gasteiger partial charge < -0.3 is 15.2 Å². The summed E-state index contributed by atoms with van der Waals surface area (Å²) in [6.07, 6.45) is 2.75. The Morgan fingerprint density at radius 1 is 1.45 bits per heavy atom. The zero-order valence-electron chi connectivity index (χ0n) is 12.3. The van der Waals surface area contributed by atoms with Gasteiger partial charge in [-0.15, -0.1) is 0 Å². The molecule has 0 bridgehead atoms. The third kappa shape index (κ3) is 3.85. The topological polar surface area (TPSA) is 93.5 Å². The highest BCUT2D eigenvalue weighted by molar-refractivity contribution is 5.94. The molecule has 0 spiro atoms. The van der Waals surface area contributed by atoms with Gasteiger partial charge in [0.25, 0.3) is 5.91 Å². The van der Waals surface area contributed by atoms with Gasteiger partial charge in [0.1, 0.15) is 12.3 Å². The Balaban J connectivity index is 2.04. The fourth-order valence-electron chi connectivity index (χ4n) is 1.98. The zero-order chi connectivity index (χ0) is 16.1. The van der Waals surface area contributed by atoms with Crippen molar-refractivity contribution < 1.29 is 19.4 Å². The molecule has 2 aromatic rings. The second-order valence-electron chi connectivity index (χ2n) is 4.79. The molecular formula is C15H17N3O4. The number of carbonyl (C=O) groups excluding carboxylic acids is 1. The van der Waals surface area contributed by atoms with Gasteiger partial charge in [-0.3, -0.25) is 14.3 Å². The van der Waals surface area contributed by atoms with Crippen molar-refractivity contribution in [3.05, 3.63) is 47.8 Å². The van der Waals surface area contributed by atoms with Crippen LogP contribution in [0.15, 0.2) is 36.7 Å². The van der Waals surface area contributed by atoms with Crippen LogP contribution in [0, 0.1) is 0 Å². The largest absolute Gasteiger partial charge is 0.497 e. The number of carbonyl (C=O) groups is 2. The van der Waals surface area contributed by atoms with E-state index in [0.29, 0.717) is 11.3 Å². The molecule has 1 aromatic carbocycles. The van der Waals surface area contributed by atoms with Crippen LogP contribution in [0.5, 0.6) is 5.75 Å². The molecule has 7 nitrogen and oxygen atoms in total. The van der Waals surface area contributed by atoms with Crippen LogP contribution in [0.4, 0.5) is 0 Å². The van der Waals surface area contributed by atoms with Crippen LogP contribution in [-0.4, -0.2) is 33.9 Å². The van der Waals surface area contributed by atoms with Crippen molar-refractivity contribution >= 4 is 11.9 Å². The van der Waals surface area contributed by atoms with Gasteiger partial charge in [-0.1, -0.05) is 12.1 Å². The molecule has 1 atom stereocenters. The number of nitrogens with zero attached hydrogens (tertiary/aromatic N) is 2. The summed E-state index contributed by atoms with van der Waals surface area (Å²) in [5.41, 5.74) is 1.22. The number of carboxylic acids is 1. The Kier molecular flexibility index (Phi) is 4.77. The second kappa shape index (κ2) is 6.75. The lowest BCUT2D eigenvalue weighted by Crippen LogP contribution is -2.26. The maximum Gasteiger partial charge on any atom is 0.325 e. The van der Waals surface area contributed by atoms with E-state index in [1.54, 1.807) is 7.11 Å². The van der Waals surface area contributed by atoms with Crippen molar-refractivity contribution in [2.24, 2.45) is 0 Å². The van der Waals surface area contributed by atoms with Gasteiger partial charge in [-0.05, 0) is 24.6 Å². The molecule has 0 fully saturated rings. The standard InChI is InChI=1S/C15H17N3O4/c1-10(11-4-3-5-13(6-11)22-2)17-15(21)12-7-16-18(8-12)9-14(19)20/h3-8,10H,9H2,1-2H3,(H,17,21)(H,19,20). The van der Waals surface area contributed by atoms with E-state index in [2.05, 4.69) is 10.4 Å². The first kappa shape index (κ1) is 15.6. The van der Waals surface area contributed by atoms with Gasteiger partial charge in [0.15, 0.2) is 0 Å². The third-order valence-electron chi connectivity index (χ3n) is 3.13. The van der Waals surface area contributed by atoms with E-state index in [1.165, 1.54) is 17.1 Å². The summed E-state index contributed by atoms with van der Waals surface area (Å²) >= 11 is 0. The third-order valence-corrected chi connectivity index (χ3v) is 3.13. The lowest BCUT2D eigenvalue weighted by Gasteiger charge is -2.14. The number of aromatic nitrogens is 2. The number of ether oxygens (including phenoxy) is 1. The van der Waals surface area contributed by atoms with Crippen LogP contribution < -0.4 is 10.1 Å². The highest BCUT2D eigenvalue weighted by atomic mass is 16.5. The summed E-state index contributed by atoms with van der Waals surface area (Å²) in [5, 5.41) is 15.4. The normalized spacial score (nSPS) is 11.7. The minimum atomic E-state index is -1.01. The Bertz CT molecular complexity index is 681. The van der Waals surface area contributed by atoms with Crippen LogP contribution in [-0.2, 0) is 11.3 Å². The smallest absolute Gasteiger partial charge is 0.325 e. The lowest BCUT2D eigenvalue weighted by molar-refractivity contribution is -0.137. The Hall–Kier alpha value is -2.83. The molecule has 1 aromatic heterocycles. The van der Waals surface area contributed by atoms with Gasteiger partial charge >= 0.3 is 5.97 Å². The van der Waals surface area contributed by atoms with E-state index in [4.69, 9.17) is 9.84 Å². The Morgan fingerprint density at radius 3 is 2.91 bits per heavy atom. The van der Waals surface area contributed by atoms with Gasteiger partial charge in [-0.25, -0.2) is 0 Å². The number of hydrogen-bond donors (Lipinski definition) is 2. The molecule has 0 saturated heterocycles. The van der Waals surface area contributed by atoms with Gasteiger partial charge in [0.05, 0.1) is 24.9 Å². The molecule has 2 rings (SSSR count). The van der Waals surface area contributed by atoms with Gasteiger partial charge in [0, 0.05) is 6.20 Å². The van der Waals surface area contributed by atoms with E-state index in [9.17, 15) is 9.59 Å². The molecule has 116 valence electrons. The van der Waals surface area contributed by atoms with Crippen LogP contribution in [0.2, 0.25) is 0 Å². The number of methoxy groups -OCH3 is 1. The first-order valence-electron chi connectivity index (χ1n) is 6.68. The van der Waals surface area contributed by atoms with E-state index < -0.39 is 5.97 Å². The predicted octanol–water partition coefficient (Wildman–Crippen LogP) is 1.47.